The first-order valence-corrected chi connectivity index (χ1v) is 7.09. The molecule has 1 fully saturated rings. The number of aromatic hydroxyl groups is 1. The zero-order valence-electron chi connectivity index (χ0n) is 12.2. The first-order valence-electron chi connectivity index (χ1n) is 7.09. The van der Waals surface area contributed by atoms with E-state index in [-0.39, 0.29) is 17.5 Å². The molecule has 0 spiro atoms. The lowest BCUT2D eigenvalue weighted by Crippen LogP contribution is -2.43. The lowest BCUT2D eigenvalue weighted by atomic mass is 9.96. The number of aryl methyl sites for hydroxylation is 1. The van der Waals surface area contributed by atoms with Crippen molar-refractivity contribution in [2.24, 2.45) is 0 Å². The molecule has 7 nitrogen and oxygen atoms in total. The van der Waals surface area contributed by atoms with Crippen LogP contribution in [0.4, 0.5) is 5.69 Å². The summed E-state index contributed by atoms with van der Waals surface area (Å²) >= 11 is 0. The molecule has 0 radical (unpaired) electrons. The molecule has 1 aliphatic rings. The molecular weight excluding hydrogens is 284 g/mol. The topological polar surface area (TPSA) is 120 Å². The second kappa shape index (κ2) is 5.43. The van der Waals surface area contributed by atoms with E-state index in [2.05, 4.69) is 15.6 Å². The van der Waals surface area contributed by atoms with Crippen molar-refractivity contribution in [3.05, 3.63) is 29.0 Å². The summed E-state index contributed by atoms with van der Waals surface area (Å²) in [7, 11) is 0. The number of carbonyl (C=O) groups is 1. The van der Waals surface area contributed by atoms with Crippen molar-refractivity contribution in [1.82, 2.24) is 15.6 Å². The molecule has 7 heteroatoms. The van der Waals surface area contributed by atoms with Gasteiger partial charge in [-0.1, -0.05) is 6.07 Å². The first kappa shape index (κ1) is 14.6. The van der Waals surface area contributed by atoms with Crippen LogP contribution in [0.25, 0.3) is 10.9 Å². The van der Waals surface area contributed by atoms with E-state index in [4.69, 9.17) is 5.73 Å². The Hall–Kier alpha value is -2.38. The summed E-state index contributed by atoms with van der Waals surface area (Å²) < 4.78 is 0. The van der Waals surface area contributed by atoms with Crippen molar-refractivity contribution in [3.8, 4) is 5.75 Å². The van der Waals surface area contributed by atoms with Crippen LogP contribution in [0.3, 0.4) is 0 Å². The van der Waals surface area contributed by atoms with Gasteiger partial charge in [-0.15, -0.1) is 0 Å². The highest BCUT2D eigenvalue weighted by Gasteiger charge is 2.28. The molecule has 116 valence electrons. The molecule has 0 saturated carbocycles. The van der Waals surface area contributed by atoms with Crippen molar-refractivity contribution in [2.75, 3.05) is 25.4 Å². The third-order valence-electron chi connectivity index (χ3n) is 3.98. The molecule has 1 atom stereocenters. The molecule has 1 aromatic heterocycles. The average molecular weight is 302 g/mol. The second-order valence-electron chi connectivity index (χ2n) is 5.43. The maximum absolute atomic E-state index is 11.6. The maximum atomic E-state index is 11.6. The van der Waals surface area contributed by atoms with Crippen LogP contribution in [0.15, 0.2) is 12.1 Å². The Morgan fingerprint density at radius 3 is 2.82 bits per heavy atom. The number of nitrogens with one attached hydrogen (secondary N) is 2. The van der Waals surface area contributed by atoms with Gasteiger partial charge in [0, 0.05) is 30.6 Å². The van der Waals surface area contributed by atoms with Crippen LogP contribution in [-0.4, -0.2) is 40.8 Å². The van der Waals surface area contributed by atoms with Crippen molar-refractivity contribution in [1.29, 1.82) is 0 Å². The fourth-order valence-corrected chi connectivity index (χ4v) is 2.90. The van der Waals surface area contributed by atoms with Crippen LogP contribution in [0.1, 0.15) is 27.7 Å². The van der Waals surface area contributed by atoms with Gasteiger partial charge in [-0.25, -0.2) is 9.78 Å². The number of carboxylic acid groups (broad SMARTS) is 1. The van der Waals surface area contributed by atoms with Crippen LogP contribution in [0.5, 0.6) is 5.75 Å². The van der Waals surface area contributed by atoms with Gasteiger partial charge >= 0.3 is 5.97 Å². The molecule has 0 bridgehead atoms. The zero-order valence-corrected chi connectivity index (χ0v) is 12.2. The summed E-state index contributed by atoms with van der Waals surface area (Å²) in [5.41, 5.74) is 7.51. The average Bonchev–Trinajstić information content (AvgIpc) is 2.51. The predicted octanol–water partition coefficient (Wildman–Crippen LogP) is 0.763. The fourth-order valence-electron chi connectivity index (χ4n) is 2.90. The van der Waals surface area contributed by atoms with E-state index in [9.17, 15) is 15.0 Å². The molecule has 2 heterocycles. The number of nitrogens with two attached hydrogens (primary N) is 1. The number of piperazine rings is 1. The van der Waals surface area contributed by atoms with Gasteiger partial charge in [0.1, 0.15) is 5.75 Å². The van der Waals surface area contributed by atoms with E-state index in [0.717, 1.165) is 12.1 Å². The van der Waals surface area contributed by atoms with Crippen LogP contribution < -0.4 is 16.4 Å². The molecular formula is C15H18N4O3. The van der Waals surface area contributed by atoms with Gasteiger partial charge in [-0.3, -0.25) is 0 Å². The summed E-state index contributed by atoms with van der Waals surface area (Å²) in [6.07, 6.45) is 0. The van der Waals surface area contributed by atoms with E-state index in [0.29, 0.717) is 35.2 Å². The number of aromatic carboxylic acids is 1. The van der Waals surface area contributed by atoms with Crippen molar-refractivity contribution in [2.45, 2.75) is 13.0 Å². The molecule has 3 rings (SSSR count). The Balaban J connectivity index is 2.33. The molecule has 1 aliphatic heterocycles. The summed E-state index contributed by atoms with van der Waals surface area (Å²) in [4.78, 5) is 15.8. The normalized spacial score (nSPS) is 18.5. The van der Waals surface area contributed by atoms with E-state index in [1.165, 1.54) is 0 Å². The highest BCUT2D eigenvalue weighted by atomic mass is 16.4. The number of anilines is 1. The molecule has 1 unspecified atom stereocenters. The van der Waals surface area contributed by atoms with Gasteiger partial charge in [-0.05, 0) is 18.6 Å². The van der Waals surface area contributed by atoms with Gasteiger partial charge in [0.2, 0.25) is 0 Å². The Labute approximate surface area is 127 Å². The minimum absolute atomic E-state index is 0.0617. The maximum Gasteiger partial charge on any atom is 0.355 e. The Bertz CT molecular complexity index is 754. The van der Waals surface area contributed by atoms with E-state index in [1.54, 1.807) is 12.1 Å². The smallest absolute Gasteiger partial charge is 0.355 e. The fraction of sp³-hybridized carbons (Fsp3) is 0.333. The molecule has 0 aliphatic carbocycles. The second-order valence-corrected chi connectivity index (χ2v) is 5.43. The molecule has 1 aromatic carbocycles. The minimum atomic E-state index is -1.18. The number of nitrogen functional groups attached to an aromatic ring is 1. The van der Waals surface area contributed by atoms with Crippen LogP contribution in [0, 0.1) is 6.92 Å². The Morgan fingerprint density at radius 2 is 2.18 bits per heavy atom. The summed E-state index contributed by atoms with van der Waals surface area (Å²) in [5, 5.41) is 27.1. The van der Waals surface area contributed by atoms with E-state index < -0.39 is 5.97 Å². The van der Waals surface area contributed by atoms with Crippen LogP contribution in [-0.2, 0) is 0 Å². The monoisotopic (exact) mass is 302 g/mol. The SMILES string of the molecule is Cc1ccc(N)c2nc(C(=O)O)c(C3CNCCN3)c(O)c12. The number of nitrogens with zero attached hydrogens (tertiary/aromatic N) is 1. The third-order valence-corrected chi connectivity index (χ3v) is 3.98. The number of aromatic nitrogens is 1. The number of carboxylic acids is 1. The van der Waals surface area contributed by atoms with Crippen molar-refractivity contribution >= 4 is 22.6 Å². The van der Waals surface area contributed by atoms with Gasteiger partial charge in [-0.2, -0.15) is 0 Å². The highest BCUT2D eigenvalue weighted by molar-refractivity contribution is 6.01. The predicted molar refractivity (Wildman–Crippen MR) is 83.1 cm³/mol. The summed E-state index contributed by atoms with van der Waals surface area (Å²) in [6.45, 7) is 3.85. The first-order chi connectivity index (χ1) is 10.5. The number of pyridine rings is 1. The van der Waals surface area contributed by atoms with Gasteiger partial charge in [0.05, 0.1) is 17.2 Å². The summed E-state index contributed by atoms with van der Waals surface area (Å²) in [5.74, 6) is -1.24. The lowest BCUT2D eigenvalue weighted by Gasteiger charge is -2.27. The third kappa shape index (κ3) is 2.24. The number of benzene rings is 1. The number of hydrogen-bond donors (Lipinski definition) is 5. The highest BCUT2D eigenvalue weighted by Crippen LogP contribution is 2.38. The minimum Gasteiger partial charge on any atom is -0.507 e. The standard InChI is InChI=1S/C15H18N4O3/c1-7-2-3-8(16)12-10(7)14(20)11(13(19-12)15(21)22)9-6-17-4-5-18-9/h2-3,9,17-18H,4-6,16H2,1H3,(H,19,20)(H,21,22). The van der Waals surface area contributed by atoms with Gasteiger partial charge in [0.15, 0.2) is 5.69 Å². The summed E-state index contributed by atoms with van der Waals surface area (Å²) in [6, 6.07) is 3.14. The van der Waals surface area contributed by atoms with E-state index in [1.807, 2.05) is 6.92 Å². The zero-order chi connectivity index (χ0) is 15.9. The largest absolute Gasteiger partial charge is 0.507 e. The molecule has 22 heavy (non-hydrogen) atoms. The lowest BCUT2D eigenvalue weighted by molar-refractivity contribution is 0.0688. The van der Waals surface area contributed by atoms with Gasteiger partial charge < -0.3 is 26.6 Å². The molecule has 2 aromatic rings. The Morgan fingerprint density at radius 1 is 1.41 bits per heavy atom. The van der Waals surface area contributed by atoms with E-state index >= 15 is 0 Å². The number of rotatable bonds is 2. The quantitative estimate of drug-likeness (QED) is 0.519. The van der Waals surface area contributed by atoms with Crippen LogP contribution >= 0.6 is 0 Å². The Kier molecular flexibility index (Phi) is 3.59. The molecule has 6 N–H and O–H groups in total. The molecule has 0 amide bonds. The van der Waals surface area contributed by atoms with Gasteiger partial charge in [0.25, 0.3) is 0 Å². The van der Waals surface area contributed by atoms with Crippen molar-refractivity contribution < 1.29 is 15.0 Å². The number of hydrogen-bond acceptors (Lipinski definition) is 6. The number of fused-ring (bicyclic) bond motifs is 1. The van der Waals surface area contributed by atoms with Crippen LogP contribution in [0.2, 0.25) is 0 Å². The van der Waals surface area contributed by atoms with Crippen molar-refractivity contribution in [3.63, 3.8) is 0 Å². The molecule has 1 saturated heterocycles.